The number of methoxy groups -OCH3 is 2. The van der Waals surface area contributed by atoms with Crippen LogP contribution in [0.1, 0.15) is 58.3 Å². The second-order valence-corrected chi connectivity index (χ2v) is 8.58. The first-order valence-electron chi connectivity index (χ1n) is 11.3. The lowest BCUT2D eigenvalue weighted by atomic mass is 10.1. The van der Waals surface area contributed by atoms with Crippen LogP contribution in [-0.4, -0.2) is 54.4 Å². The van der Waals surface area contributed by atoms with E-state index in [0.717, 1.165) is 12.8 Å². The number of hydrogen-bond donors (Lipinski definition) is 2. The van der Waals surface area contributed by atoms with Crippen LogP contribution in [0.15, 0.2) is 48.6 Å². The van der Waals surface area contributed by atoms with E-state index in [2.05, 4.69) is 34.6 Å². The molecular weight excluding hydrogens is 426 g/mol. The summed E-state index contributed by atoms with van der Waals surface area (Å²) in [5.74, 6) is -0.454. The lowest BCUT2D eigenvalue weighted by Gasteiger charge is -2.20. The molecule has 3 atom stereocenters. The molecular formula is C25H41NO5S. The number of allylic oxidation sites excluding steroid dienone is 7. The van der Waals surface area contributed by atoms with Gasteiger partial charge in [0.05, 0.1) is 20.3 Å². The highest BCUT2D eigenvalue weighted by atomic mass is 32.2. The standard InChI is InChI=1S/C25H41NO5S/c1-4-5-6-7-8-9-10-11-12-13-14-15-18-23(32-20-21(26)25(29)31-3)22(27)17-16-19-24(28)30-2/h8-9,11-15,18,21-23,27H,4-7,10,16-17,19-20,26H2,1-3H3/t21-,22-,23-/m0/s1. The summed E-state index contributed by atoms with van der Waals surface area (Å²) in [4.78, 5) is 22.8. The molecule has 182 valence electrons. The third-order valence-corrected chi connectivity index (χ3v) is 6.05. The number of carbonyl (C=O) groups excluding carboxylic acids is 2. The van der Waals surface area contributed by atoms with Gasteiger partial charge in [-0.1, -0.05) is 68.4 Å². The van der Waals surface area contributed by atoms with Crippen molar-refractivity contribution in [1.29, 1.82) is 0 Å². The van der Waals surface area contributed by atoms with E-state index in [-0.39, 0.29) is 17.6 Å². The Kier molecular flexibility index (Phi) is 19.8. The average molecular weight is 468 g/mol. The van der Waals surface area contributed by atoms with Crippen molar-refractivity contribution < 1.29 is 24.2 Å². The molecule has 0 aliphatic heterocycles. The van der Waals surface area contributed by atoms with Crippen LogP contribution < -0.4 is 5.73 Å². The Hall–Kier alpha value is -1.83. The van der Waals surface area contributed by atoms with Crippen LogP contribution in [0.2, 0.25) is 0 Å². The van der Waals surface area contributed by atoms with E-state index in [9.17, 15) is 14.7 Å². The lowest BCUT2D eigenvalue weighted by Crippen LogP contribution is -2.35. The predicted octanol–water partition coefficient (Wildman–Crippen LogP) is 4.49. The number of aliphatic hydroxyl groups is 1. The fourth-order valence-corrected chi connectivity index (χ4v) is 3.84. The SMILES string of the molecule is CCCCCC=CCC=CC=CC=C[C@H](SC[C@H](N)C(=O)OC)[C@@H](O)CCCC(=O)OC. The van der Waals surface area contributed by atoms with E-state index in [1.165, 1.54) is 45.2 Å². The van der Waals surface area contributed by atoms with Crippen LogP contribution in [0.5, 0.6) is 0 Å². The van der Waals surface area contributed by atoms with Gasteiger partial charge >= 0.3 is 11.9 Å². The Morgan fingerprint density at radius 3 is 2.44 bits per heavy atom. The summed E-state index contributed by atoms with van der Waals surface area (Å²) < 4.78 is 9.28. The average Bonchev–Trinajstić information content (AvgIpc) is 2.80. The first kappa shape index (κ1) is 30.2. The number of carbonyl (C=O) groups is 2. The Morgan fingerprint density at radius 1 is 1.00 bits per heavy atom. The predicted molar refractivity (Wildman–Crippen MR) is 133 cm³/mol. The number of nitrogens with two attached hydrogens (primary N) is 1. The zero-order valence-corrected chi connectivity index (χ0v) is 20.6. The number of ether oxygens (including phenoxy) is 2. The van der Waals surface area contributed by atoms with Gasteiger partial charge in [-0.3, -0.25) is 9.59 Å². The maximum atomic E-state index is 11.5. The molecule has 0 aliphatic rings. The smallest absolute Gasteiger partial charge is 0.323 e. The van der Waals surface area contributed by atoms with Gasteiger partial charge in [-0.2, -0.15) is 0 Å². The first-order chi connectivity index (χ1) is 15.5. The summed E-state index contributed by atoms with van der Waals surface area (Å²) >= 11 is 1.39. The summed E-state index contributed by atoms with van der Waals surface area (Å²) in [6.07, 6.45) is 22.4. The minimum absolute atomic E-state index is 0.258. The van der Waals surface area contributed by atoms with E-state index in [4.69, 9.17) is 5.73 Å². The first-order valence-corrected chi connectivity index (χ1v) is 12.4. The molecule has 0 fully saturated rings. The molecule has 0 unspecified atom stereocenters. The van der Waals surface area contributed by atoms with Gasteiger partial charge in [-0.15, -0.1) is 11.8 Å². The van der Waals surface area contributed by atoms with Crippen molar-refractivity contribution in [2.75, 3.05) is 20.0 Å². The van der Waals surface area contributed by atoms with E-state index in [1.807, 2.05) is 30.4 Å². The van der Waals surface area contributed by atoms with Crippen molar-refractivity contribution in [1.82, 2.24) is 0 Å². The minimum Gasteiger partial charge on any atom is -0.469 e. The van der Waals surface area contributed by atoms with Crippen molar-refractivity contribution >= 4 is 23.7 Å². The van der Waals surface area contributed by atoms with Crippen molar-refractivity contribution in [2.45, 2.75) is 75.7 Å². The largest absolute Gasteiger partial charge is 0.469 e. The van der Waals surface area contributed by atoms with Gasteiger partial charge < -0.3 is 20.3 Å². The minimum atomic E-state index is -0.753. The van der Waals surface area contributed by atoms with Crippen molar-refractivity contribution in [3.63, 3.8) is 0 Å². The summed E-state index contributed by atoms with van der Waals surface area (Å²) in [5, 5.41) is 10.3. The summed E-state index contributed by atoms with van der Waals surface area (Å²) in [5.41, 5.74) is 5.81. The lowest BCUT2D eigenvalue weighted by molar-refractivity contribution is -0.142. The molecule has 0 saturated heterocycles. The number of hydrogen-bond acceptors (Lipinski definition) is 7. The Bertz CT molecular complexity index is 615. The van der Waals surface area contributed by atoms with E-state index >= 15 is 0 Å². The third kappa shape index (κ3) is 16.8. The van der Waals surface area contributed by atoms with Crippen LogP contribution >= 0.6 is 11.8 Å². The quantitative estimate of drug-likeness (QED) is 0.133. The molecule has 3 N–H and O–H groups in total. The van der Waals surface area contributed by atoms with Crippen LogP contribution in [0.3, 0.4) is 0 Å². The molecule has 0 rings (SSSR count). The molecule has 0 aromatic rings. The highest BCUT2D eigenvalue weighted by Crippen LogP contribution is 2.21. The molecule has 0 spiro atoms. The second kappa shape index (κ2) is 21.0. The number of unbranched alkanes of at least 4 members (excludes halogenated alkanes) is 3. The van der Waals surface area contributed by atoms with Gasteiger partial charge in [0.15, 0.2) is 0 Å². The molecule has 0 aromatic heterocycles. The second-order valence-electron chi connectivity index (χ2n) is 7.36. The molecule has 0 saturated carbocycles. The Morgan fingerprint density at radius 2 is 1.75 bits per heavy atom. The van der Waals surface area contributed by atoms with Gasteiger partial charge in [0.1, 0.15) is 6.04 Å². The zero-order valence-electron chi connectivity index (χ0n) is 19.8. The molecule has 0 aromatic carbocycles. The number of thioether (sulfide) groups is 1. The Labute approximate surface area is 198 Å². The van der Waals surface area contributed by atoms with Crippen molar-refractivity contribution in [2.24, 2.45) is 5.73 Å². The molecule has 32 heavy (non-hydrogen) atoms. The van der Waals surface area contributed by atoms with Gasteiger partial charge in [-0.05, 0) is 32.1 Å². The number of aliphatic hydroxyl groups excluding tert-OH is 1. The Balaban J connectivity index is 4.62. The normalized spacial score (nSPS) is 15.0. The molecule has 6 nitrogen and oxygen atoms in total. The van der Waals surface area contributed by atoms with Gasteiger partial charge in [-0.25, -0.2) is 0 Å². The third-order valence-electron chi connectivity index (χ3n) is 4.64. The summed E-state index contributed by atoms with van der Waals surface area (Å²) in [6, 6.07) is -0.753. The van der Waals surface area contributed by atoms with E-state index in [0.29, 0.717) is 18.6 Å². The van der Waals surface area contributed by atoms with Crippen molar-refractivity contribution in [3.8, 4) is 0 Å². The van der Waals surface area contributed by atoms with Crippen LogP contribution in [0.4, 0.5) is 0 Å². The highest BCUT2D eigenvalue weighted by molar-refractivity contribution is 8.00. The van der Waals surface area contributed by atoms with Crippen LogP contribution in [-0.2, 0) is 19.1 Å². The molecule has 0 heterocycles. The van der Waals surface area contributed by atoms with Crippen molar-refractivity contribution in [3.05, 3.63) is 48.6 Å². The molecule has 0 bridgehead atoms. The topological polar surface area (TPSA) is 98.9 Å². The number of rotatable bonds is 18. The fraction of sp³-hybridized carbons (Fsp3) is 0.600. The maximum absolute atomic E-state index is 11.5. The maximum Gasteiger partial charge on any atom is 0.323 e. The molecule has 0 radical (unpaired) electrons. The van der Waals surface area contributed by atoms with Crippen LogP contribution in [0, 0.1) is 0 Å². The number of esters is 2. The zero-order chi connectivity index (χ0) is 24.0. The van der Waals surface area contributed by atoms with Gasteiger partial charge in [0.2, 0.25) is 0 Å². The highest BCUT2D eigenvalue weighted by Gasteiger charge is 2.21. The van der Waals surface area contributed by atoms with E-state index < -0.39 is 18.1 Å². The van der Waals surface area contributed by atoms with Crippen LogP contribution in [0.25, 0.3) is 0 Å². The summed E-state index contributed by atoms with van der Waals surface area (Å²) in [6.45, 7) is 2.21. The van der Waals surface area contributed by atoms with Gasteiger partial charge in [0.25, 0.3) is 0 Å². The van der Waals surface area contributed by atoms with E-state index in [1.54, 1.807) is 0 Å². The molecule has 0 aliphatic carbocycles. The van der Waals surface area contributed by atoms with Gasteiger partial charge in [0, 0.05) is 17.4 Å². The monoisotopic (exact) mass is 467 g/mol. The molecule has 7 heteroatoms. The summed E-state index contributed by atoms with van der Waals surface area (Å²) in [7, 11) is 2.64. The molecule has 0 amide bonds. The fourth-order valence-electron chi connectivity index (χ4n) is 2.71.